The molecule has 0 unspecified atom stereocenters. The average molecular weight is 382 g/mol. The molecule has 28 heavy (non-hydrogen) atoms. The molecule has 1 aromatic rings. The van der Waals surface area contributed by atoms with Crippen LogP contribution in [0.15, 0.2) is 42.5 Å². The molecule has 1 saturated carbocycles. The van der Waals surface area contributed by atoms with Gasteiger partial charge in [-0.1, -0.05) is 49.6 Å². The van der Waals surface area contributed by atoms with Crippen LogP contribution >= 0.6 is 0 Å². The Labute approximate surface area is 168 Å². The molecule has 0 heterocycles. The standard InChI is InChI=1S/C24H31NO3/c1-23(2,3)28-22(27)24(18-25,16-14-19-10-6-4-7-11-19)17-15-21(26)20-12-8-5-9-13-20/h4,6-7,10-11,15,17,20H,5,8-9,12-14,16H2,1-3H3/b17-15+/t24-/m1/s1. The number of ether oxygens (including phenoxy) is 1. The summed E-state index contributed by atoms with van der Waals surface area (Å²) >= 11 is 0. The van der Waals surface area contributed by atoms with E-state index in [0.717, 1.165) is 31.2 Å². The van der Waals surface area contributed by atoms with Crippen molar-refractivity contribution in [2.75, 3.05) is 0 Å². The van der Waals surface area contributed by atoms with Crippen LogP contribution in [0.4, 0.5) is 0 Å². The van der Waals surface area contributed by atoms with Gasteiger partial charge in [0.2, 0.25) is 0 Å². The maximum atomic E-state index is 12.9. The number of carbonyl (C=O) groups is 2. The van der Waals surface area contributed by atoms with E-state index < -0.39 is 17.0 Å². The molecule has 1 aliphatic carbocycles. The Balaban J connectivity index is 2.22. The molecule has 1 aliphatic rings. The van der Waals surface area contributed by atoms with Crippen LogP contribution in [0.25, 0.3) is 0 Å². The number of aryl methyl sites for hydroxylation is 1. The van der Waals surface area contributed by atoms with Gasteiger partial charge >= 0.3 is 5.97 Å². The van der Waals surface area contributed by atoms with E-state index in [2.05, 4.69) is 6.07 Å². The van der Waals surface area contributed by atoms with Crippen molar-refractivity contribution in [3.8, 4) is 6.07 Å². The number of esters is 1. The molecule has 4 heteroatoms. The Morgan fingerprint density at radius 1 is 1.14 bits per heavy atom. The topological polar surface area (TPSA) is 67.2 Å². The van der Waals surface area contributed by atoms with E-state index in [-0.39, 0.29) is 18.1 Å². The van der Waals surface area contributed by atoms with E-state index in [1.807, 2.05) is 30.3 Å². The van der Waals surface area contributed by atoms with Gasteiger partial charge in [0.1, 0.15) is 5.60 Å². The fraction of sp³-hybridized carbons (Fsp3) is 0.542. The van der Waals surface area contributed by atoms with Crippen molar-refractivity contribution in [2.24, 2.45) is 11.3 Å². The zero-order valence-electron chi connectivity index (χ0n) is 17.2. The fourth-order valence-corrected chi connectivity index (χ4v) is 3.50. The molecule has 2 rings (SSSR count). The van der Waals surface area contributed by atoms with Crippen molar-refractivity contribution < 1.29 is 14.3 Å². The van der Waals surface area contributed by atoms with Crippen LogP contribution in [-0.4, -0.2) is 17.4 Å². The maximum absolute atomic E-state index is 12.9. The van der Waals surface area contributed by atoms with Gasteiger partial charge in [-0.15, -0.1) is 0 Å². The van der Waals surface area contributed by atoms with Crippen molar-refractivity contribution in [1.29, 1.82) is 5.26 Å². The van der Waals surface area contributed by atoms with Crippen LogP contribution in [0.3, 0.4) is 0 Å². The lowest BCUT2D eigenvalue weighted by atomic mass is 9.81. The van der Waals surface area contributed by atoms with Gasteiger partial charge < -0.3 is 4.74 Å². The molecule has 1 aromatic carbocycles. The third-order valence-electron chi connectivity index (χ3n) is 5.15. The van der Waals surface area contributed by atoms with E-state index in [9.17, 15) is 14.9 Å². The number of hydrogen-bond donors (Lipinski definition) is 0. The number of carbonyl (C=O) groups excluding carboxylic acids is 2. The number of hydrogen-bond acceptors (Lipinski definition) is 4. The Bertz CT molecular complexity index is 733. The summed E-state index contributed by atoms with van der Waals surface area (Å²) in [5.41, 5.74) is -1.13. The van der Waals surface area contributed by atoms with E-state index in [1.54, 1.807) is 20.8 Å². The maximum Gasteiger partial charge on any atom is 0.331 e. The van der Waals surface area contributed by atoms with Gasteiger partial charge in [0.15, 0.2) is 11.2 Å². The lowest BCUT2D eigenvalue weighted by molar-refractivity contribution is -0.161. The smallest absolute Gasteiger partial charge is 0.331 e. The normalized spacial score (nSPS) is 17.6. The van der Waals surface area contributed by atoms with Crippen molar-refractivity contribution >= 4 is 11.8 Å². The van der Waals surface area contributed by atoms with Crippen LogP contribution in [0, 0.1) is 22.7 Å². The van der Waals surface area contributed by atoms with Crippen LogP contribution in [0.2, 0.25) is 0 Å². The zero-order valence-corrected chi connectivity index (χ0v) is 17.2. The average Bonchev–Trinajstić information content (AvgIpc) is 2.68. The number of allylic oxidation sites excluding steroid dienone is 1. The van der Waals surface area contributed by atoms with E-state index in [1.165, 1.54) is 18.6 Å². The summed E-state index contributed by atoms with van der Waals surface area (Å²) in [4.78, 5) is 25.5. The summed E-state index contributed by atoms with van der Waals surface area (Å²) in [6.07, 6.45) is 8.84. The second-order valence-electron chi connectivity index (χ2n) is 8.64. The van der Waals surface area contributed by atoms with E-state index >= 15 is 0 Å². The first-order valence-corrected chi connectivity index (χ1v) is 10.2. The van der Waals surface area contributed by atoms with Gasteiger partial charge in [0.25, 0.3) is 0 Å². The molecule has 1 fully saturated rings. The minimum atomic E-state index is -1.46. The monoisotopic (exact) mass is 381 g/mol. The third kappa shape index (κ3) is 6.34. The highest BCUT2D eigenvalue weighted by molar-refractivity contribution is 5.93. The summed E-state index contributed by atoms with van der Waals surface area (Å²) in [6, 6.07) is 11.9. The summed E-state index contributed by atoms with van der Waals surface area (Å²) in [6.45, 7) is 5.34. The molecular weight excluding hydrogens is 350 g/mol. The van der Waals surface area contributed by atoms with Crippen molar-refractivity contribution in [3.63, 3.8) is 0 Å². The van der Waals surface area contributed by atoms with Crippen LogP contribution < -0.4 is 0 Å². The first-order chi connectivity index (χ1) is 13.3. The fourth-order valence-electron chi connectivity index (χ4n) is 3.50. The highest BCUT2D eigenvalue weighted by atomic mass is 16.6. The second kappa shape index (κ2) is 9.68. The predicted octanol–water partition coefficient (Wildman–Crippen LogP) is 5.18. The molecule has 1 atom stereocenters. The largest absolute Gasteiger partial charge is 0.459 e. The van der Waals surface area contributed by atoms with Gasteiger partial charge in [-0.2, -0.15) is 5.26 Å². The second-order valence-corrected chi connectivity index (χ2v) is 8.64. The SMILES string of the molecule is CC(C)(C)OC(=O)[C@@](C#N)(/C=C/C(=O)C1CCCCC1)CCc1ccccc1. The molecule has 0 aromatic heterocycles. The molecule has 150 valence electrons. The third-order valence-corrected chi connectivity index (χ3v) is 5.15. The van der Waals surface area contributed by atoms with Gasteiger partial charge in [-0.05, 0) is 64.2 Å². The lowest BCUT2D eigenvalue weighted by Gasteiger charge is -2.27. The first-order valence-electron chi connectivity index (χ1n) is 10.2. The van der Waals surface area contributed by atoms with E-state index in [4.69, 9.17) is 4.74 Å². The Morgan fingerprint density at radius 2 is 1.79 bits per heavy atom. The molecule has 4 nitrogen and oxygen atoms in total. The molecular formula is C24H31NO3. The predicted molar refractivity (Wildman–Crippen MR) is 109 cm³/mol. The number of nitrogens with zero attached hydrogens (tertiary/aromatic N) is 1. The molecule has 0 radical (unpaired) electrons. The highest BCUT2D eigenvalue weighted by Gasteiger charge is 2.40. The quantitative estimate of drug-likeness (QED) is 0.482. The van der Waals surface area contributed by atoms with Crippen LogP contribution in [-0.2, 0) is 20.7 Å². The molecule has 0 N–H and O–H groups in total. The summed E-state index contributed by atoms with van der Waals surface area (Å²) in [7, 11) is 0. The molecule has 0 aliphatic heterocycles. The number of nitriles is 1. The Hall–Kier alpha value is -2.41. The zero-order chi connectivity index (χ0) is 20.6. The van der Waals surface area contributed by atoms with Crippen LogP contribution in [0.1, 0.15) is 64.9 Å². The van der Waals surface area contributed by atoms with Gasteiger partial charge in [0, 0.05) is 5.92 Å². The van der Waals surface area contributed by atoms with Gasteiger partial charge in [0.05, 0.1) is 6.07 Å². The minimum absolute atomic E-state index is 0.00847. The Morgan fingerprint density at radius 3 is 2.36 bits per heavy atom. The number of ketones is 1. The first kappa shape index (κ1) is 21.9. The van der Waals surface area contributed by atoms with Crippen LogP contribution in [0.5, 0.6) is 0 Å². The summed E-state index contributed by atoms with van der Waals surface area (Å²) < 4.78 is 5.54. The van der Waals surface area contributed by atoms with E-state index in [0.29, 0.717) is 6.42 Å². The molecule has 0 amide bonds. The molecule has 0 spiro atoms. The summed E-state index contributed by atoms with van der Waals surface area (Å²) in [5, 5.41) is 9.93. The molecule has 0 bridgehead atoms. The van der Waals surface area contributed by atoms with Gasteiger partial charge in [-0.25, -0.2) is 4.79 Å². The molecule has 0 saturated heterocycles. The Kier molecular flexibility index (Phi) is 7.57. The number of benzene rings is 1. The highest BCUT2D eigenvalue weighted by Crippen LogP contribution is 2.31. The van der Waals surface area contributed by atoms with Crippen molar-refractivity contribution in [2.45, 2.75) is 71.3 Å². The van der Waals surface area contributed by atoms with Gasteiger partial charge in [-0.3, -0.25) is 4.79 Å². The lowest BCUT2D eigenvalue weighted by Crippen LogP contribution is -2.36. The number of rotatable bonds is 7. The summed E-state index contributed by atoms with van der Waals surface area (Å²) in [5.74, 6) is -0.567. The minimum Gasteiger partial charge on any atom is -0.459 e. The van der Waals surface area contributed by atoms with Crippen molar-refractivity contribution in [1.82, 2.24) is 0 Å². The van der Waals surface area contributed by atoms with Crippen molar-refractivity contribution in [3.05, 3.63) is 48.0 Å².